The molecule has 17 nitrogen and oxygen atoms in total. The molecule has 0 bridgehead atoms. The van der Waals surface area contributed by atoms with Crippen LogP contribution in [0.1, 0.15) is 413 Å². The van der Waals surface area contributed by atoms with Crippen LogP contribution in [0.5, 0.6) is 0 Å². The van der Waals surface area contributed by atoms with Gasteiger partial charge in [0.2, 0.25) is 0 Å². The van der Waals surface area contributed by atoms with E-state index in [0.717, 1.165) is 89.9 Å². The third kappa shape index (κ3) is 72.2. The fourth-order valence-electron chi connectivity index (χ4n) is 12.1. The first-order chi connectivity index (χ1) is 47.0. The van der Waals surface area contributed by atoms with E-state index in [1.165, 1.54) is 238 Å². The third-order valence-corrected chi connectivity index (χ3v) is 20.2. The van der Waals surface area contributed by atoms with E-state index in [0.29, 0.717) is 31.6 Å². The number of carbonyl (C=O) groups excluding carboxylic acids is 4. The van der Waals surface area contributed by atoms with Crippen LogP contribution in [0, 0.1) is 5.92 Å². The molecule has 0 aromatic heterocycles. The maximum absolute atomic E-state index is 13.1. The molecule has 0 aliphatic heterocycles. The second kappa shape index (κ2) is 71.1. The molecule has 0 aliphatic carbocycles. The molecule has 0 amide bonds. The Morgan fingerprint density at radius 3 is 0.701 bits per heavy atom. The highest BCUT2D eigenvalue weighted by molar-refractivity contribution is 7.47. The maximum atomic E-state index is 13.1. The molecule has 0 aromatic rings. The molecule has 0 radical (unpaired) electrons. The van der Waals surface area contributed by atoms with Crippen LogP contribution in [0.2, 0.25) is 0 Å². The molecule has 0 heterocycles. The van der Waals surface area contributed by atoms with E-state index in [-0.39, 0.29) is 25.7 Å². The van der Waals surface area contributed by atoms with Gasteiger partial charge in [0.1, 0.15) is 19.3 Å². The lowest BCUT2D eigenvalue weighted by Crippen LogP contribution is -2.30. The Labute approximate surface area is 594 Å². The van der Waals surface area contributed by atoms with E-state index in [1.54, 1.807) is 0 Å². The Morgan fingerprint density at radius 2 is 0.474 bits per heavy atom. The van der Waals surface area contributed by atoms with Gasteiger partial charge in [0.05, 0.1) is 26.4 Å². The summed E-state index contributed by atoms with van der Waals surface area (Å²) < 4.78 is 68.5. The summed E-state index contributed by atoms with van der Waals surface area (Å²) in [5.41, 5.74) is 0. The van der Waals surface area contributed by atoms with Crippen molar-refractivity contribution in [2.45, 2.75) is 432 Å². The Morgan fingerprint density at radius 1 is 0.278 bits per heavy atom. The molecule has 0 aromatic carbocycles. The second-order valence-electron chi connectivity index (χ2n) is 28.6. The average Bonchev–Trinajstić information content (AvgIpc) is 1.62. The number of ether oxygens (including phenoxy) is 4. The van der Waals surface area contributed by atoms with Gasteiger partial charge in [0.25, 0.3) is 0 Å². The summed E-state index contributed by atoms with van der Waals surface area (Å²) in [6.45, 7) is 7.19. The van der Waals surface area contributed by atoms with Crippen molar-refractivity contribution in [2.75, 3.05) is 39.6 Å². The molecule has 0 saturated carbocycles. The number of unbranched alkanes of at least 4 members (excludes halogenated alkanes) is 50. The number of aliphatic hydroxyl groups excluding tert-OH is 1. The van der Waals surface area contributed by atoms with Crippen LogP contribution in [-0.4, -0.2) is 96.7 Å². The normalized spacial score (nSPS) is 13.9. The lowest BCUT2D eigenvalue weighted by molar-refractivity contribution is -0.161. The van der Waals surface area contributed by atoms with Gasteiger partial charge in [-0.3, -0.25) is 37.3 Å². The Kier molecular flexibility index (Phi) is 69.6. The fraction of sp³-hybridized carbons (Fsp3) is 0.949. The Bertz CT molecular complexity index is 1860. The standard InChI is InChI=1S/C78H152O17P2/c1-6-9-12-15-18-21-23-25-27-29-31-32-33-35-37-39-41-44-47-53-58-63-77(82)94-73(67-89-76(81)62-57-52-46-43-40-38-36-34-30-28-26-24-22-19-16-13-10-7-2)69-92-96(84,85)90-65-72(79)66-91-97(86,87)93-70-74(95-78(83)64-59-54-49-48-50-55-60-71(4)5)68-88-75(80)61-56-51-45-42-20-17-14-11-8-3/h71-74,79H,6-70H2,1-5H3,(H,84,85)(H,86,87)/t72-,73-,74-/m1/s1. The number of phosphoric ester groups is 2. The van der Waals surface area contributed by atoms with Crippen molar-refractivity contribution in [3.63, 3.8) is 0 Å². The first-order valence-electron chi connectivity index (χ1n) is 40.6. The highest BCUT2D eigenvalue weighted by Crippen LogP contribution is 2.45. The quantitative estimate of drug-likeness (QED) is 0.0222. The maximum Gasteiger partial charge on any atom is 0.472 e. The first-order valence-corrected chi connectivity index (χ1v) is 43.6. The van der Waals surface area contributed by atoms with Crippen LogP contribution in [0.15, 0.2) is 0 Å². The zero-order valence-corrected chi connectivity index (χ0v) is 65.0. The molecule has 0 fully saturated rings. The van der Waals surface area contributed by atoms with E-state index in [2.05, 4.69) is 34.6 Å². The Hall–Kier alpha value is -1.94. The zero-order chi connectivity index (χ0) is 71.2. The minimum atomic E-state index is -4.96. The fourth-order valence-corrected chi connectivity index (χ4v) is 13.6. The smallest absolute Gasteiger partial charge is 0.462 e. The molecule has 5 atom stereocenters. The summed E-state index contributed by atoms with van der Waals surface area (Å²) >= 11 is 0. The second-order valence-corrected chi connectivity index (χ2v) is 31.5. The zero-order valence-electron chi connectivity index (χ0n) is 63.2. The predicted molar refractivity (Wildman–Crippen MR) is 395 cm³/mol. The molecular formula is C78H152O17P2. The molecule has 0 spiro atoms. The SMILES string of the molecule is CCCCCCCCCCCCCCCCCCCCCCCC(=O)O[C@H](COC(=O)CCCCCCCCCCCCCCCCCCCC)COP(=O)(O)OC[C@@H](O)COP(=O)(O)OC[C@@H](COC(=O)CCCCCCCCCCC)OC(=O)CCCCCCCCC(C)C. The summed E-state index contributed by atoms with van der Waals surface area (Å²) in [5.74, 6) is -1.45. The van der Waals surface area contributed by atoms with Gasteiger partial charge in [0, 0.05) is 25.7 Å². The summed E-state index contributed by atoms with van der Waals surface area (Å²) in [7, 11) is -9.91. The van der Waals surface area contributed by atoms with Gasteiger partial charge in [-0.2, -0.15) is 0 Å². The van der Waals surface area contributed by atoms with Crippen LogP contribution in [0.3, 0.4) is 0 Å². The molecule has 0 saturated heterocycles. The predicted octanol–water partition coefficient (Wildman–Crippen LogP) is 23.3. The van der Waals surface area contributed by atoms with Crippen LogP contribution in [0.4, 0.5) is 0 Å². The van der Waals surface area contributed by atoms with Crippen LogP contribution in [-0.2, 0) is 65.4 Å². The highest BCUT2D eigenvalue weighted by atomic mass is 31.2. The topological polar surface area (TPSA) is 237 Å². The number of hydrogen-bond acceptors (Lipinski definition) is 15. The number of rotatable bonds is 78. The van der Waals surface area contributed by atoms with Crippen molar-refractivity contribution in [3.8, 4) is 0 Å². The van der Waals surface area contributed by atoms with E-state index in [9.17, 15) is 43.2 Å². The molecule has 0 aliphatic rings. The molecule has 576 valence electrons. The Balaban J connectivity index is 5.16. The van der Waals surface area contributed by atoms with Crippen molar-refractivity contribution in [1.82, 2.24) is 0 Å². The van der Waals surface area contributed by atoms with Gasteiger partial charge < -0.3 is 33.8 Å². The number of phosphoric acid groups is 2. The van der Waals surface area contributed by atoms with Crippen molar-refractivity contribution >= 4 is 39.5 Å². The monoisotopic (exact) mass is 1420 g/mol. The van der Waals surface area contributed by atoms with Crippen molar-refractivity contribution in [3.05, 3.63) is 0 Å². The summed E-state index contributed by atoms with van der Waals surface area (Å²) in [5, 5.41) is 10.6. The van der Waals surface area contributed by atoms with Crippen LogP contribution in [0.25, 0.3) is 0 Å². The molecule has 2 unspecified atom stereocenters. The largest absolute Gasteiger partial charge is 0.472 e. The van der Waals surface area contributed by atoms with Crippen molar-refractivity contribution in [2.24, 2.45) is 5.92 Å². The number of esters is 4. The first kappa shape index (κ1) is 95.1. The van der Waals surface area contributed by atoms with Gasteiger partial charge in [-0.05, 0) is 31.6 Å². The summed E-state index contributed by atoms with van der Waals surface area (Å²) in [6, 6.07) is 0. The third-order valence-electron chi connectivity index (χ3n) is 18.3. The molecular weight excluding hydrogens is 1270 g/mol. The minimum absolute atomic E-state index is 0.103. The number of hydrogen-bond donors (Lipinski definition) is 3. The number of aliphatic hydroxyl groups is 1. The molecule has 3 N–H and O–H groups in total. The summed E-state index contributed by atoms with van der Waals surface area (Å²) in [4.78, 5) is 72.7. The molecule has 19 heteroatoms. The van der Waals surface area contributed by atoms with Crippen LogP contribution >= 0.6 is 15.6 Å². The van der Waals surface area contributed by atoms with E-state index < -0.39 is 97.5 Å². The average molecular weight is 1420 g/mol. The van der Waals surface area contributed by atoms with Gasteiger partial charge in [0.15, 0.2) is 12.2 Å². The number of carbonyl (C=O) groups is 4. The van der Waals surface area contributed by atoms with Crippen molar-refractivity contribution in [1.29, 1.82) is 0 Å². The summed E-state index contributed by atoms with van der Waals surface area (Å²) in [6.07, 6.45) is 61.5. The van der Waals surface area contributed by atoms with E-state index in [1.807, 2.05) is 0 Å². The molecule has 97 heavy (non-hydrogen) atoms. The van der Waals surface area contributed by atoms with E-state index in [4.69, 9.17) is 37.0 Å². The minimum Gasteiger partial charge on any atom is -0.462 e. The van der Waals surface area contributed by atoms with Gasteiger partial charge in [-0.15, -0.1) is 0 Å². The van der Waals surface area contributed by atoms with Gasteiger partial charge >= 0.3 is 39.5 Å². The van der Waals surface area contributed by atoms with E-state index >= 15 is 0 Å². The lowest BCUT2D eigenvalue weighted by Gasteiger charge is -2.21. The van der Waals surface area contributed by atoms with Crippen LogP contribution < -0.4 is 0 Å². The van der Waals surface area contributed by atoms with Crippen molar-refractivity contribution < 1.29 is 80.2 Å². The highest BCUT2D eigenvalue weighted by Gasteiger charge is 2.30. The van der Waals surface area contributed by atoms with Gasteiger partial charge in [-0.25, -0.2) is 9.13 Å². The molecule has 0 rings (SSSR count). The lowest BCUT2D eigenvalue weighted by atomic mass is 10.0. The van der Waals surface area contributed by atoms with Gasteiger partial charge in [-0.1, -0.05) is 362 Å².